The molecule has 0 radical (unpaired) electrons. The Morgan fingerprint density at radius 1 is 0.447 bits per heavy atom. The van der Waals surface area contributed by atoms with Gasteiger partial charge in [-0.05, 0) is 65.2 Å². The van der Waals surface area contributed by atoms with E-state index in [1.165, 1.54) is 0 Å². The van der Waals surface area contributed by atoms with Crippen molar-refractivity contribution in [3.05, 3.63) is 133 Å². The van der Waals surface area contributed by atoms with Crippen molar-refractivity contribution in [2.24, 2.45) is 0 Å². The first kappa shape index (κ1) is 22.0. The molecular weight excluding hydrogens is 468 g/mol. The molecule has 0 amide bonds. The molecule has 4 heteroatoms. The zero-order chi connectivity index (χ0) is 25.6. The Bertz CT molecular complexity index is 1920. The van der Waals surface area contributed by atoms with Crippen molar-refractivity contribution >= 4 is 21.8 Å². The number of benzene rings is 5. The summed E-state index contributed by atoms with van der Waals surface area (Å²) in [5.41, 5.74) is 7.99. The van der Waals surface area contributed by atoms with Gasteiger partial charge in [-0.15, -0.1) is 0 Å². The van der Waals surface area contributed by atoms with E-state index in [1.807, 2.05) is 60.7 Å². The second-order valence-electron chi connectivity index (χ2n) is 9.42. The Balaban J connectivity index is 1.42. The van der Waals surface area contributed by atoms with Gasteiger partial charge in [-0.2, -0.15) is 0 Å². The largest absolute Gasteiger partial charge is 0.503 e. The van der Waals surface area contributed by atoms with Crippen LogP contribution in [0.3, 0.4) is 0 Å². The van der Waals surface area contributed by atoms with E-state index in [-0.39, 0.29) is 11.6 Å². The van der Waals surface area contributed by atoms with E-state index in [4.69, 9.17) is 0 Å². The molecule has 0 aliphatic rings. The van der Waals surface area contributed by atoms with Crippen LogP contribution >= 0.6 is 0 Å². The van der Waals surface area contributed by atoms with Crippen LogP contribution in [0, 0.1) is 0 Å². The van der Waals surface area contributed by atoms with Gasteiger partial charge in [0, 0.05) is 22.1 Å². The van der Waals surface area contributed by atoms with Gasteiger partial charge < -0.3 is 14.8 Å². The first-order valence-corrected chi connectivity index (χ1v) is 12.6. The van der Waals surface area contributed by atoms with Crippen molar-refractivity contribution in [3.63, 3.8) is 0 Å². The van der Waals surface area contributed by atoms with Crippen molar-refractivity contribution in [3.8, 4) is 45.4 Å². The molecule has 0 saturated heterocycles. The first-order chi connectivity index (χ1) is 18.7. The SMILES string of the molecule is Oc1c(O)n(-c2ccccc2)c2ccc(-c3ccc4cc(-c5ccccc5)n(-c5ccccc5)c4c3)cc12. The van der Waals surface area contributed by atoms with E-state index >= 15 is 0 Å². The second kappa shape index (κ2) is 8.71. The first-order valence-electron chi connectivity index (χ1n) is 12.6. The fraction of sp³-hybridized carbons (Fsp3) is 0. The van der Waals surface area contributed by atoms with Gasteiger partial charge >= 0.3 is 0 Å². The number of hydrogen-bond donors (Lipinski definition) is 2. The van der Waals surface area contributed by atoms with Crippen LogP contribution in [0.1, 0.15) is 0 Å². The summed E-state index contributed by atoms with van der Waals surface area (Å²) >= 11 is 0. The molecule has 38 heavy (non-hydrogen) atoms. The number of fused-ring (bicyclic) bond motifs is 2. The molecule has 0 aliphatic carbocycles. The van der Waals surface area contributed by atoms with Gasteiger partial charge in [-0.3, -0.25) is 4.57 Å². The molecule has 0 bridgehead atoms. The number of para-hydroxylation sites is 2. The number of nitrogens with zero attached hydrogens (tertiary/aromatic N) is 2. The van der Waals surface area contributed by atoms with Crippen molar-refractivity contribution in [2.45, 2.75) is 0 Å². The Labute approximate surface area is 219 Å². The summed E-state index contributed by atoms with van der Waals surface area (Å²) in [5.74, 6) is -0.282. The lowest BCUT2D eigenvalue weighted by Crippen LogP contribution is -1.96. The Morgan fingerprint density at radius 3 is 1.71 bits per heavy atom. The zero-order valence-corrected chi connectivity index (χ0v) is 20.5. The Morgan fingerprint density at radius 2 is 1.03 bits per heavy atom. The summed E-state index contributed by atoms with van der Waals surface area (Å²) < 4.78 is 3.96. The summed E-state index contributed by atoms with van der Waals surface area (Å²) in [6.45, 7) is 0. The van der Waals surface area contributed by atoms with Gasteiger partial charge in [-0.1, -0.05) is 84.9 Å². The Kier molecular flexibility index (Phi) is 5.05. The van der Waals surface area contributed by atoms with E-state index in [1.54, 1.807) is 4.57 Å². The second-order valence-corrected chi connectivity index (χ2v) is 9.42. The molecule has 0 atom stereocenters. The van der Waals surface area contributed by atoms with E-state index in [0.29, 0.717) is 5.39 Å². The molecular formula is C34H24N2O2. The summed E-state index contributed by atoms with van der Waals surface area (Å²) in [5, 5.41) is 23.3. The van der Waals surface area contributed by atoms with Crippen LogP contribution in [0.5, 0.6) is 11.6 Å². The third-order valence-electron chi connectivity index (χ3n) is 7.15. The molecule has 2 N–H and O–H groups in total. The Hall–Kier alpha value is -5.22. The minimum absolute atomic E-state index is 0.120. The molecule has 0 spiro atoms. The van der Waals surface area contributed by atoms with E-state index in [0.717, 1.165) is 50.2 Å². The fourth-order valence-electron chi connectivity index (χ4n) is 5.34. The third-order valence-corrected chi connectivity index (χ3v) is 7.15. The van der Waals surface area contributed by atoms with Crippen LogP contribution in [-0.2, 0) is 0 Å². The van der Waals surface area contributed by atoms with Crippen molar-refractivity contribution < 1.29 is 10.2 Å². The summed E-state index contributed by atoms with van der Waals surface area (Å²) in [6, 6.07) is 45.0. The molecule has 5 aromatic carbocycles. The standard InChI is InChI=1S/C34H24N2O2/c37-33-29-20-24(18-19-30(29)36(34(33)38)28-14-8-3-9-15-28)25-16-17-26-22-31(23-10-4-1-5-11-23)35(32(26)21-25)27-12-6-2-7-13-27/h1-22,37-38H. The zero-order valence-electron chi connectivity index (χ0n) is 20.5. The van der Waals surface area contributed by atoms with Crippen LogP contribution in [0.2, 0.25) is 0 Å². The molecule has 7 aromatic rings. The van der Waals surface area contributed by atoms with Crippen LogP contribution in [0.15, 0.2) is 133 Å². The van der Waals surface area contributed by atoms with E-state index in [2.05, 4.69) is 77.4 Å². The molecule has 0 aliphatic heterocycles. The maximum atomic E-state index is 10.8. The fourth-order valence-corrected chi connectivity index (χ4v) is 5.34. The highest BCUT2D eigenvalue weighted by Gasteiger charge is 2.19. The smallest absolute Gasteiger partial charge is 0.240 e. The average molecular weight is 493 g/mol. The lowest BCUT2D eigenvalue weighted by molar-refractivity contribution is 0.390. The minimum Gasteiger partial charge on any atom is -0.503 e. The highest BCUT2D eigenvalue weighted by Crippen LogP contribution is 2.42. The summed E-state index contributed by atoms with van der Waals surface area (Å²) in [4.78, 5) is 0. The lowest BCUT2D eigenvalue weighted by atomic mass is 10.0. The maximum absolute atomic E-state index is 10.8. The minimum atomic E-state index is -0.163. The maximum Gasteiger partial charge on any atom is 0.240 e. The molecule has 0 saturated carbocycles. The molecule has 182 valence electrons. The van der Waals surface area contributed by atoms with E-state index in [9.17, 15) is 10.2 Å². The topological polar surface area (TPSA) is 50.3 Å². The van der Waals surface area contributed by atoms with Gasteiger partial charge in [0.15, 0.2) is 5.75 Å². The molecule has 0 fully saturated rings. The highest BCUT2D eigenvalue weighted by atomic mass is 16.3. The van der Waals surface area contributed by atoms with E-state index < -0.39 is 0 Å². The molecule has 7 rings (SSSR count). The predicted molar refractivity (Wildman–Crippen MR) is 154 cm³/mol. The van der Waals surface area contributed by atoms with Crippen molar-refractivity contribution in [2.75, 3.05) is 0 Å². The molecule has 0 unspecified atom stereocenters. The van der Waals surface area contributed by atoms with Crippen LogP contribution < -0.4 is 0 Å². The number of aromatic nitrogens is 2. The normalized spacial score (nSPS) is 11.4. The predicted octanol–water partition coefficient (Wildman–Crippen LogP) is 8.32. The average Bonchev–Trinajstić information content (AvgIpc) is 3.48. The number of aromatic hydroxyl groups is 2. The van der Waals surface area contributed by atoms with Crippen LogP contribution in [0.4, 0.5) is 0 Å². The monoisotopic (exact) mass is 492 g/mol. The molecule has 4 nitrogen and oxygen atoms in total. The van der Waals surface area contributed by atoms with Crippen molar-refractivity contribution in [1.29, 1.82) is 0 Å². The summed E-state index contributed by atoms with van der Waals surface area (Å²) in [6.07, 6.45) is 0. The van der Waals surface area contributed by atoms with Gasteiger partial charge in [0.25, 0.3) is 0 Å². The number of rotatable bonds is 4. The number of hydrogen-bond acceptors (Lipinski definition) is 2. The lowest BCUT2D eigenvalue weighted by Gasteiger charge is -2.12. The third kappa shape index (κ3) is 3.46. The van der Waals surface area contributed by atoms with Crippen molar-refractivity contribution in [1.82, 2.24) is 9.13 Å². The van der Waals surface area contributed by atoms with Gasteiger partial charge in [-0.25, -0.2) is 0 Å². The van der Waals surface area contributed by atoms with Gasteiger partial charge in [0.05, 0.1) is 16.7 Å². The van der Waals surface area contributed by atoms with Gasteiger partial charge in [0.2, 0.25) is 5.88 Å². The summed E-state index contributed by atoms with van der Waals surface area (Å²) in [7, 11) is 0. The van der Waals surface area contributed by atoms with Crippen LogP contribution in [-0.4, -0.2) is 19.3 Å². The highest BCUT2D eigenvalue weighted by molar-refractivity contribution is 5.97. The van der Waals surface area contributed by atoms with Crippen LogP contribution in [0.25, 0.3) is 55.6 Å². The van der Waals surface area contributed by atoms with Gasteiger partial charge in [0.1, 0.15) is 0 Å². The quantitative estimate of drug-likeness (QED) is 0.260. The molecule has 2 aromatic heterocycles. The molecule has 2 heterocycles.